The predicted molar refractivity (Wildman–Crippen MR) is 123 cm³/mol. The summed E-state index contributed by atoms with van der Waals surface area (Å²) in [5, 5.41) is 0. The first-order valence-corrected chi connectivity index (χ1v) is 12.4. The molecule has 0 aliphatic carbocycles. The van der Waals surface area contributed by atoms with Gasteiger partial charge in [-0.3, -0.25) is 4.79 Å². The fourth-order valence-corrected chi connectivity index (χ4v) is 5.00. The number of aromatic nitrogens is 1. The first-order valence-electron chi connectivity index (χ1n) is 9.74. The van der Waals surface area contributed by atoms with Crippen LogP contribution in [-0.4, -0.2) is 32.1 Å². The Hall–Kier alpha value is -2.71. The summed E-state index contributed by atoms with van der Waals surface area (Å²) in [6.45, 7) is 2.53. The Morgan fingerprint density at radius 2 is 1.94 bits per heavy atom. The monoisotopic (exact) mass is 500 g/mol. The molecule has 0 atom stereocenters. The molecule has 31 heavy (non-hydrogen) atoms. The van der Waals surface area contributed by atoms with Crippen molar-refractivity contribution in [2.24, 2.45) is 0 Å². The number of hydrogen-bond acceptors (Lipinski definition) is 5. The molecule has 0 fully saturated rings. The minimum atomic E-state index is -3.40. The van der Waals surface area contributed by atoms with E-state index in [-0.39, 0.29) is 17.2 Å². The van der Waals surface area contributed by atoms with Gasteiger partial charge in [0.2, 0.25) is 5.91 Å². The van der Waals surface area contributed by atoms with E-state index >= 15 is 0 Å². The maximum atomic E-state index is 13.1. The van der Waals surface area contributed by atoms with Gasteiger partial charge in [0, 0.05) is 18.5 Å². The molecule has 0 bridgehead atoms. The van der Waals surface area contributed by atoms with Crippen LogP contribution in [0.25, 0.3) is 0 Å². The molecule has 8 heteroatoms. The molecule has 4 rings (SSSR count). The van der Waals surface area contributed by atoms with E-state index in [1.807, 2.05) is 31.2 Å². The van der Waals surface area contributed by atoms with Crippen molar-refractivity contribution >= 4 is 37.4 Å². The zero-order valence-corrected chi connectivity index (χ0v) is 19.5. The first-order chi connectivity index (χ1) is 14.7. The second kappa shape index (κ2) is 8.43. The van der Waals surface area contributed by atoms with E-state index in [4.69, 9.17) is 4.74 Å². The van der Waals surface area contributed by atoms with Gasteiger partial charge in [0.1, 0.15) is 16.1 Å². The Labute approximate surface area is 189 Å². The van der Waals surface area contributed by atoms with E-state index in [1.165, 1.54) is 0 Å². The summed E-state index contributed by atoms with van der Waals surface area (Å²) in [6, 6.07) is 14.0. The van der Waals surface area contributed by atoms with E-state index in [0.29, 0.717) is 17.9 Å². The normalized spacial score (nSPS) is 13.2. The molecule has 160 valence electrons. The Morgan fingerprint density at radius 1 is 1.16 bits per heavy atom. The number of pyridine rings is 1. The van der Waals surface area contributed by atoms with Gasteiger partial charge in [-0.2, -0.15) is 0 Å². The standard InChI is InChI=1S/C23H21BrN2O4S/c1-15-18-11-12-26(23(27)13-16-5-3-4-6-21(16)31(2,28)29)19(18)8-9-20(15)30-17-7-10-22(24)25-14-17/h3-10,14H,11-13H2,1-2H3. The van der Waals surface area contributed by atoms with Gasteiger partial charge < -0.3 is 9.64 Å². The maximum absolute atomic E-state index is 13.1. The van der Waals surface area contributed by atoms with E-state index in [2.05, 4.69) is 20.9 Å². The van der Waals surface area contributed by atoms with Crippen LogP contribution in [0.1, 0.15) is 16.7 Å². The lowest BCUT2D eigenvalue weighted by Gasteiger charge is -2.19. The number of nitrogens with zero attached hydrogens (tertiary/aromatic N) is 2. The lowest BCUT2D eigenvalue weighted by molar-refractivity contribution is -0.117. The molecule has 6 nitrogen and oxygen atoms in total. The van der Waals surface area contributed by atoms with Crippen LogP contribution in [0.15, 0.2) is 64.2 Å². The van der Waals surface area contributed by atoms with Crippen molar-refractivity contribution in [1.82, 2.24) is 4.98 Å². The van der Waals surface area contributed by atoms with Gasteiger partial charge in [-0.15, -0.1) is 0 Å². The van der Waals surface area contributed by atoms with Crippen molar-refractivity contribution < 1.29 is 17.9 Å². The average molecular weight is 501 g/mol. The number of sulfone groups is 1. The van der Waals surface area contributed by atoms with Crippen molar-refractivity contribution in [2.75, 3.05) is 17.7 Å². The first kappa shape index (κ1) is 21.5. The topological polar surface area (TPSA) is 76.6 Å². The Balaban J connectivity index is 1.57. The Kier molecular flexibility index (Phi) is 5.85. The highest BCUT2D eigenvalue weighted by molar-refractivity contribution is 9.10. The summed E-state index contributed by atoms with van der Waals surface area (Å²) in [7, 11) is -3.40. The minimum absolute atomic E-state index is 0.0323. The van der Waals surface area contributed by atoms with Crippen LogP contribution in [0.5, 0.6) is 11.5 Å². The molecule has 0 radical (unpaired) electrons. The maximum Gasteiger partial charge on any atom is 0.231 e. The average Bonchev–Trinajstić information content (AvgIpc) is 3.16. The van der Waals surface area contributed by atoms with Gasteiger partial charge in [0.05, 0.1) is 17.5 Å². The van der Waals surface area contributed by atoms with Gasteiger partial charge in [0.25, 0.3) is 0 Å². The van der Waals surface area contributed by atoms with Crippen molar-refractivity contribution in [3.63, 3.8) is 0 Å². The summed E-state index contributed by atoms with van der Waals surface area (Å²) in [6.07, 6.45) is 3.56. The second-order valence-electron chi connectivity index (χ2n) is 7.46. The highest BCUT2D eigenvalue weighted by Crippen LogP contribution is 2.37. The summed E-state index contributed by atoms with van der Waals surface area (Å²) in [4.78, 5) is 19.2. The number of benzene rings is 2. The van der Waals surface area contributed by atoms with Crippen LogP contribution in [0.3, 0.4) is 0 Å². The summed E-state index contributed by atoms with van der Waals surface area (Å²) < 4.78 is 30.8. The van der Waals surface area contributed by atoms with Gasteiger partial charge in [-0.05, 0) is 76.3 Å². The zero-order chi connectivity index (χ0) is 22.2. The van der Waals surface area contributed by atoms with Gasteiger partial charge in [-0.1, -0.05) is 18.2 Å². The smallest absolute Gasteiger partial charge is 0.231 e. The van der Waals surface area contributed by atoms with Crippen molar-refractivity contribution in [3.05, 3.63) is 76.0 Å². The summed E-state index contributed by atoms with van der Waals surface area (Å²) in [5.74, 6) is 1.23. The fourth-order valence-electron chi connectivity index (χ4n) is 3.82. The quantitative estimate of drug-likeness (QED) is 0.482. The third-order valence-electron chi connectivity index (χ3n) is 5.34. The predicted octanol–water partition coefficient (Wildman–Crippen LogP) is 4.48. The molecule has 0 spiro atoms. The Bertz CT molecular complexity index is 1260. The molecule has 3 aromatic rings. The number of fused-ring (bicyclic) bond motifs is 1. The van der Waals surface area contributed by atoms with Gasteiger partial charge in [0.15, 0.2) is 9.84 Å². The van der Waals surface area contributed by atoms with Crippen molar-refractivity contribution in [1.29, 1.82) is 0 Å². The van der Waals surface area contributed by atoms with Crippen LogP contribution >= 0.6 is 15.9 Å². The molecule has 2 aromatic carbocycles. The molecule has 0 saturated heterocycles. The minimum Gasteiger partial charge on any atom is -0.455 e. The zero-order valence-electron chi connectivity index (χ0n) is 17.1. The summed E-state index contributed by atoms with van der Waals surface area (Å²) >= 11 is 3.31. The molecule has 1 aromatic heterocycles. The number of hydrogen-bond donors (Lipinski definition) is 0. The number of amides is 1. The molecule has 1 aliphatic heterocycles. The molecular formula is C23H21BrN2O4S. The van der Waals surface area contributed by atoms with Crippen LogP contribution in [0.2, 0.25) is 0 Å². The highest BCUT2D eigenvalue weighted by atomic mass is 79.9. The van der Waals surface area contributed by atoms with Crippen molar-refractivity contribution in [2.45, 2.75) is 24.7 Å². The van der Waals surface area contributed by atoms with E-state index < -0.39 is 9.84 Å². The number of carbonyl (C=O) groups is 1. The van der Waals surface area contributed by atoms with Crippen LogP contribution in [0, 0.1) is 6.92 Å². The number of rotatable bonds is 5. The number of ether oxygens (including phenoxy) is 1. The van der Waals surface area contributed by atoms with Gasteiger partial charge in [-0.25, -0.2) is 13.4 Å². The number of carbonyl (C=O) groups excluding carboxylic acids is 1. The second-order valence-corrected chi connectivity index (χ2v) is 10.3. The van der Waals surface area contributed by atoms with E-state index in [9.17, 15) is 13.2 Å². The molecule has 0 N–H and O–H groups in total. The third-order valence-corrected chi connectivity index (χ3v) is 7.01. The SMILES string of the molecule is Cc1c(Oc2ccc(Br)nc2)ccc2c1CCN2C(=O)Cc1ccccc1S(C)(=O)=O. The number of halogens is 1. The van der Waals surface area contributed by atoms with E-state index in [0.717, 1.165) is 39.8 Å². The van der Waals surface area contributed by atoms with E-state index in [1.54, 1.807) is 35.4 Å². The molecular weight excluding hydrogens is 480 g/mol. The summed E-state index contributed by atoms with van der Waals surface area (Å²) in [5.41, 5.74) is 3.41. The fraction of sp³-hybridized carbons (Fsp3) is 0.217. The lowest BCUT2D eigenvalue weighted by atomic mass is 10.1. The molecule has 1 aliphatic rings. The largest absolute Gasteiger partial charge is 0.455 e. The Morgan fingerprint density at radius 3 is 2.65 bits per heavy atom. The van der Waals surface area contributed by atoms with Crippen LogP contribution in [0.4, 0.5) is 5.69 Å². The number of anilines is 1. The van der Waals surface area contributed by atoms with Gasteiger partial charge >= 0.3 is 0 Å². The molecule has 2 heterocycles. The third kappa shape index (κ3) is 4.50. The molecule has 1 amide bonds. The molecule has 0 saturated carbocycles. The van der Waals surface area contributed by atoms with Crippen LogP contribution < -0.4 is 9.64 Å². The van der Waals surface area contributed by atoms with Crippen LogP contribution in [-0.2, 0) is 27.5 Å². The molecule has 0 unspecified atom stereocenters. The lowest BCUT2D eigenvalue weighted by Crippen LogP contribution is -2.30. The van der Waals surface area contributed by atoms with Crippen molar-refractivity contribution in [3.8, 4) is 11.5 Å². The highest BCUT2D eigenvalue weighted by Gasteiger charge is 2.28.